The number of aliphatic hydroxyl groups is 6. The number of carbonyl (C=O) groups is 2. The van der Waals surface area contributed by atoms with Gasteiger partial charge in [0.2, 0.25) is 24.1 Å². The summed E-state index contributed by atoms with van der Waals surface area (Å²) >= 11 is 0. The van der Waals surface area contributed by atoms with Gasteiger partial charge in [0, 0.05) is 35.4 Å². The Morgan fingerprint density at radius 3 is 0.987 bits per heavy atom. The number of fused-ring (bicyclic) bond motifs is 2. The number of rotatable bonds is 8. The van der Waals surface area contributed by atoms with Crippen LogP contribution in [0.25, 0.3) is 44.6 Å². The number of hydrogen-bond donors (Lipinski definition) is 12. The van der Waals surface area contributed by atoms with Crippen LogP contribution in [0.5, 0.6) is 34.5 Å². The molecule has 0 amide bonds. The molecule has 0 radical (unpaired) electrons. The monoisotopic (exact) mass is 1180 g/mol. The molecule has 2 fully saturated rings. The summed E-state index contributed by atoms with van der Waals surface area (Å²) in [6.07, 6.45) is -19.1. The zero-order valence-corrected chi connectivity index (χ0v) is 44.6. The molecule has 10 atom stereocenters. The molecule has 0 unspecified atom stereocenters. The van der Waals surface area contributed by atoms with Crippen molar-refractivity contribution in [2.45, 2.75) is 61.4 Å². The predicted molar refractivity (Wildman–Crippen MR) is 249 cm³/mol. The Morgan fingerprint density at radius 2 is 0.714 bits per heavy atom. The van der Waals surface area contributed by atoms with E-state index < -0.39 is 119 Å². The molecule has 0 saturated carbocycles. The van der Waals surface area contributed by atoms with Crippen LogP contribution in [0.15, 0.2) is 103 Å². The van der Waals surface area contributed by atoms with Gasteiger partial charge in [-0.3, -0.25) is 9.59 Å². The van der Waals surface area contributed by atoms with Gasteiger partial charge >= 0.3 is 87.5 Å². The number of aliphatic hydroxyl groups excluding tert-OH is 6. The maximum absolute atomic E-state index is 12.5. The van der Waals surface area contributed by atoms with E-state index in [2.05, 4.69) is 0 Å². The van der Waals surface area contributed by atoms with Crippen LogP contribution >= 0.6 is 0 Å². The SMILES string of the molecule is O.O.O.O.O.O.O.O.O.O.O=C(O)[C@H]1O[C@@H](Oc2cc3oc(-c4ccccc4)cc(=O)c3c(O)c2O)[C@H](O)[C@@H](O)[C@@H]1O.O=C(O)[C@H]1O[C@@H](Oc2cc3oc(-c4ccccc4)cc(=O)c3c(O)c2O)[C@H](O)[C@@H](O)[C@@H]1O.[Na+].[Na+].[Ni+2]. The Balaban J connectivity index is -0.000000218. The first-order valence-corrected chi connectivity index (χ1v) is 18.7. The largest absolute Gasteiger partial charge is 2.00 e. The van der Waals surface area contributed by atoms with Crippen LogP contribution in [0.1, 0.15) is 0 Å². The van der Waals surface area contributed by atoms with Gasteiger partial charge in [0.05, 0.1) is 0 Å². The maximum Gasteiger partial charge on any atom is 2.00 e. The average Bonchev–Trinajstić information content (AvgIpc) is 3.27. The standard InChI is InChI=1S/2C21H18O11.2Na.Ni.10H2O/c2*22-9-6-10(8-4-2-1-3-5-8)30-11-7-12(14(23)15(24)13(9)11)31-21-18(27)16(25)17(26)19(32-21)20(28)29;;;;;;;;;;;;;/h2*1-7,16-19,21,23-27H,(H,28,29);;;;10*1H2/q;;2*+1;+2;;;;;;;;;;/t2*16-,17-,18+,19-,21+;;;;;;;;;;;;;/m00............./s1. The van der Waals surface area contributed by atoms with Gasteiger partial charge in [0.25, 0.3) is 0 Å². The normalized spacial score (nSPS) is 21.2. The van der Waals surface area contributed by atoms with E-state index in [-0.39, 0.29) is 164 Å². The molecule has 2 aliphatic rings. The quantitative estimate of drug-likeness (QED) is 0.0497. The van der Waals surface area contributed by atoms with Crippen molar-refractivity contribution in [1.29, 1.82) is 0 Å². The number of ether oxygens (including phenoxy) is 4. The van der Waals surface area contributed by atoms with E-state index in [0.29, 0.717) is 11.1 Å². The zero-order chi connectivity index (χ0) is 46.3. The molecule has 8 rings (SSSR count). The molecule has 35 heteroatoms. The van der Waals surface area contributed by atoms with Crippen molar-refractivity contribution in [3.05, 3.63) is 105 Å². The average molecular weight is 1180 g/mol. The number of hydrogen-bond acceptors (Lipinski definition) is 20. The van der Waals surface area contributed by atoms with E-state index in [4.69, 9.17) is 38.0 Å². The van der Waals surface area contributed by atoms with Crippen molar-refractivity contribution in [2.24, 2.45) is 0 Å². The van der Waals surface area contributed by atoms with Crippen molar-refractivity contribution < 1.29 is 229 Å². The first kappa shape index (κ1) is 85.7. The van der Waals surface area contributed by atoms with E-state index in [1.165, 1.54) is 0 Å². The van der Waals surface area contributed by atoms with Gasteiger partial charge < -0.3 is 144 Å². The molecule has 2 aromatic heterocycles. The molecule has 2 saturated heterocycles. The Kier molecular flexibility index (Phi) is 39.4. The minimum absolute atomic E-state index is 0. The molecule has 32 nitrogen and oxygen atoms in total. The molecule has 0 spiro atoms. The molecule has 6 aromatic rings. The van der Waals surface area contributed by atoms with Crippen LogP contribution in [0.3, 0.4) is 0 Å². The summed E-state index contributed by atoms with van der Waals surface area (Å²) in [5.41, 5.74) is -0.529. The van der Waals surface area contributed by atoms with Gasteiger partial charge in [-0.2, -0.15) is 0 Å². The fourth-order valence-electron chi connectivity index (χ4n) is 6.76. The Hall–Kier alpha value is -5.19. The van der Waals surface area contributed by atoms with Gasteiger partial charge in [0.1, 0.15) is 70.1 Å². The summed E-state index contributed by atoms with van der Waals surface area (Å²) in [4.78, 5) is 47.6. The fourth-order valence-corrected chi connectivity index (χ4v) is 6.76. The molecule has 0 aliphatic carbocycles. The van der Waals surface area contributed by atoms with Gasteiger partial charge in [-0.25, -0.2) is 9.59 Å². The van der Waals surface area contributed by atoms with Gasteiger partial charge in [0.15, 0.2) is 46.1 Å². The zero-order valence-electron chi connectivity index (χ0n) is 39.6. The van der Waals surface area contributed by atoms with Crippen molar-refractivity contribution >= 4 is 33.9 Å². The number of benzene rings is 4. The molecule has 2 aliphatic heterocycles. The molecule has 424 valence electrons. The van der Waals surface area contributed by atoms with E-state index >= 15 is 0 Å². The first-order valence-electron chi connectivity index (χ1n) is 18.7. The van der Waals surface area contributed by atoms with Crippen molar-refractivity contribution in [3.8, 4) is 57.1 Å². The smallest absolute Gasteiger partial charge is 0.504 e. The van der Waals surface area contributed by atoms with Crippen LogP contribution in [-0.2, 0) is 35.6 Å². The number of aliphatic carboxylic acids is 2. The third-order valence-corrected chi connectivity index (χ3v) is 10.1. The third-order valence-electron chi connectivity index (χ3n) is 10.1. The van der Waals surface area contributed by atoms with Crippen LogP contribution in [0, 0.1) is 0 Å². The van der Waals surface area contributed by atoms with Gasteiger partial charge in [-0.05, 0) is 0 Å². The van der Waals surface area contributed by atoms with E-state index in [1.807, 2.05) is 0 Å². The topological polar surface area (TPSA) is 689 Å². The van der Waals surface area contributed by atoms with Crippen LogP contribution in [0.2, 0.25) is 0 Å². The van der Waals surface area contributed by atoms with E-state index in [0.717, 1.165) is 24.3 Å². The molecular weight excluding hydrogens is 1120 g/mol. The first-order chi connectivity index (χ1) is 30.4. The number of phenols is 4. The minimum Gasteiger partial charge on any atom is -0.504 e. The molecular formula is C42H56Na2NiO32+4. The van der Waals surface area contributed by atoms with E-state index in [9.17, 15) is 70.2 Å². The second kappa shape index (κ2) is 35.3. The van der Waals surface area contributed by atoms with Gasteiger partial charge in [-0.1, -0.05) is 60.7 Å². The summed E-state index contributed by atoms with van der Waals surface area (Å²) in [5, 5.41) is 118. The summed E-state index contributed by atoms with van der Waals surface area (Å²) in [7, 11) is 0. The Labute approximate surface area is 483 Å². The number of aromatic hydroxyl groups is 4. The number of phenolic OH excluding ortho intramolecular Hbond substituents is 4. The predicted octanol–water partition coefficient (Wildman–Crippen LogP) is -14.0. The minimum atomic E-state index is -1.94. The Morgan fingerprint density at radius 1 is 0.429 bits per heavy atom. The summed E-state index contributed by atoms with van der Waals surface area (Å²) in [5.74, 6) is -7.52. The van der Waals surface area contributed by atoms with Crippen molar-refractivity contribution in [2.75, 3.05) is 0 Å². The van der Waals surface area contributed by atoms with E-state index in [1.54, 1.807) is 60.7 Å². The summed E-state index contributed by atoms with van der Waals surface area (Å²) in [6.45, 7) is 0. The summed E-state index contributed by atoms with van der Waals surface area (Å²) < 4.78 is 32.0. The van der Waals surface area contributed by atoms with Crippen LogP contribution in [0.4, 0.5) is 0 Å². The van der Waals surface area contributed by atoms with Crippen LogP contribution in [-0.4, -0.2) is 189 Å². The third kappa shape index (κ3) is 17.4. The van der Waals surface area contributed by atoms with Crippen molar-refractivity contribution in [1.82, 2.24) is 0 Å². The number of carboxylic acids is 2. The number of carboxylic acid groups (broad SMARTS) is 2. The van der Waals surface area contributed by atoms with Crippen molar-refractivity contribution in [3.63, 3.8) is 0 Å². The molecule has 77 heavy (non-hydrogen) atoms. The van der Waals surface area contributed by atoms with Crippen LogP contribution < -0.4 is 79.4 Å². The molecule has 4 aromatic carbocycles. The van der Waals surface area contributed by atoms with Gasteiger partial charge in [-0.15, -0.1) is 0 Å². The molecule has 0 bridgehead atoms. The molecule has 32 N–H and O–H groups in total. The maximum atomic E-state index is 12.5. The fraction of sp³-hybridized carbons (Fsp3) is 0.238. The Bertz CT molecular complexity index is 2670. The molecule has 4 heterocycles. The summed E-state index contributed by atoms with van der Waals surface area (Å²) in [6, 6.07) is 21.5. The second-order valence-corrected chi connectivity index (χ2v) is 14.3. The second-order valence-electron chi connectivity index (χ2n) is 14.3.